The summed E-state index contributed by atoms with van der Waals surface area (Å²) in [4.78, 5) is 27.7. The van der Waals surface area contributed by atoms with Gasteiger partial charge in [0, 0.05) is 18.7 Å². The highest BCUT2D eigenvalue weighted by molar-refractivity contribution is 7.91. The lowest BCUT2D eigenvalue weighted by Crippen LogP contribution is -2.44. The molecule has 180 valence electrons. The Hall–Kier alpha value is -3.13. The maximum Gasteiger partial charge on any atom is 0.260 e. The summed E-state index contributed by atoms with van der Waals surface area (Å²) in [5.74, 6) is 0.790. The average Bonchev–Trinajstić information content (AvgIpc) is 3.17. The van der Waals surface area contributed by atoms with Crippen molar-refractivity contribution in [2.75, 3.05) is 24.7 Å². The first-order valence-electron chi connectivity index (χ1n) is 11.5. The summed E-state index contributed by atoms with van der Waals surface area (Å²) in [6.45, 7) is 4.07. The molecule has 1 amide bonds. The number of benzene rings is 2. The van der Waals surface area contributed by atoms with Crippen molar-refractivity contribution in [3.8, 4) is 16.9 Å². The number of fused-ring (bicyclic) bond motifs is 1. The second kappa shape index (κ2) is 10.0. The van der Waals surface area contributed by atoms with Crippen molar-refractivity contribution in [1.82, 2.24) is 4.90 Å². The summed E-state index contributed by atoms with van der Waals surface area (Å²) in [5, 5.41) is 0.434. The first-order valence-corrected chi connectivity index (χ1v) is 13.4. The maximum absolute atomic E-state index is 13.1. The number of carbonyl (C=O) groups excluding carboxylic acids is 1. The lowest BCUT2D eigenvalue weighted by atomic mass is 10.0. The van der Waals surface area contributed by atoms with E-state index in [0.29, 0.717) is 41.0 Å². The minimum Gasteiger partial charge on any atom is -0.484 e. The monoisotopic (exact) mass is 483 g/mol. The topological polar surface area (TPSA) is 93.9 Å². The van der Waals surface area contributed by atoms with Crippen LogP contribution in [0.1, 0.15) is 31.9 Å². The van der Waals surface area contributed by atoms with Gasteiger partial charge < -0.3 is 14.1 Å². The van der Waals surface area contributed by atoms with Gasteiger partial charge in [-0.3, -0.25) is 9.59 Å². The molecule has 2 heterocycles. The summed E-state index contributed by atoms with van der Waals surface area (Å²) in [6.07, 6.45) is 2.16. The molecule has 4 rings (SSSR count). The summed E-state index contributed by atoms with van der Waals surface area (Å²) in [7, 11) is -3.10. The molecule has 1 atom stereocenters. The normalized spacial score (nSPS) is 17.1. The highest BCUT2D eigenvalue weighted by atomic mass is 32.2. The van der Waals surface area contributed by atoms with Gasteiger partial charge in [0.1, 0.15) is 17.1 Å². The van der Waals surface area contributed by atoms with E-state index in [9.17, 15) is 18.0 Å². The molecule has 0 spiro atoms. The van der Waals surface area contributed by atoms with E-state index in [4.69, 9.17) is 9.15 Å². The lowest BCUT2D eigenvalue weighted by Gasteiger charge is -2.28. The SMILES string of the molecule is CCCCN(C(=O)COc1ccc2c(=O)c(-c3ccccc3)c(C)oc2c1)[C@@H]1CCS(=O)(=O)C1. The fourth-order valence-corrected chi connectivity index (χ4v) is 6.13. The number of unbranched alkanes of at least 4 members (excludes halogenated alkanes) is 1. The van der Waals surface area contributed by atoms with E-state index in [1.54, 1.807) is 30.0 Å². The molecule has 1 fully saturated rings. The number of hydrogen-bond acceptors (Lipinski definition) is 6. The Kier molecular flexibility index (Phi) is 7.07. The molecular weight excluding hydrogens is 454 g/mol. The Balaban J connectivity index is 1.53. The van der Waals surface area contributed by atoms with Gasteiger partial charge in [-0.2, -0.15) is 0 Å². The van der Waals surface area contributed by atoms with E-state index in [0.717, 1.165) is 18.4 Å². The third kappa shape index (κ3) is 5.17. The van der Waals surface area contributed by atoms with E-state index < -0.39 is 9.84 Å². The van der Waals surface area contributed by atoms with Crippen molar-refractivity contribution in [1.29, 1.82) is 0 Å². The van der Waals surface area contributed by atoms with Gasteiger partial charge in [0.05, 0.1) is 22.5 Å². The third-order valence-electron chi connectivity index (χ3n) is 6.19. The molecule has 1 aliphatic rings. The zero-order valence-corrected chi connectivity index (χ0v) is 20.3. The van der Waals surface area contributed by atoms with Crippen molar-refractivity contribution in [3.05, 3.63) is 64.5 Å². The molecular formula is C26H29NO6S. The summed E-state index contributed by atoms with van der Waals surface area (Å²) in [6, 6.07) is 14.0. The van der Waals surface area contributed by atoms with Crippen LogP contribution in [-0.4, -0.2) is 49.9 Å². The van der Waals surface area contributed by atoms with Crippen LogP contribution < -0.4 is 10.2 Å². The van der Waals surface area contributed by atoms with Gasteiger partial charge in [0.15, 0.2) is 16.4 Å². The predicted octanol–water partition coefficient (Wildman–Crippen LogP) is 3.96. The van der Waals surface area contributed by atoms with Crippen LogP contribution in [0.5, 0.6) is 5.75 Å². The van der Waals surface area contributed by atoms with E-state index in [1.165, 1.54) is 0 Å². The first kappa shape index (κ1) is 24.0. The van der Waals surface area contributed by atoms with Gasteiger partial charge in [-0.05, 0) is 37.5 Å². The number of amides is 1. The Morgan fingerprint density at radius 1 is 1.18 bits per heavy atom. The number of aryl methyl sites for hydroxylation is 1. The van der Waals surface area contributed by atoms with Crippen LogP contribution in [0, 0.1) is 6.92 Å². The van der Waals surface area contributed by atoms with Crippen molar-refractivity contribution >= 4 is 26.7 Å². The molecule has 0 saturated carbocycles. The molecule has 0 unspecified atom stereocenters. The minimum atomic E-state index is -3.10. The second-order valence-corrected chi connectivity index (χ2v) is 10.9. The molecule has 1 aromatic heterocycles. The molecule has 0 bridgehead atoms. The minimum absolute atomic E-state index is 0.00656. The smallest absolute Gasteiger partial charge is 0.260 e. The fraction of sp³-hybridized carbons (Fsp3) is 0.385. The fourth-order valence-electron chi connectivity index (χ4n) is 4.40. The van der Waals surface area contributed by atoms with Crippen LogP contribution >= 0.6 is 0 Å². The van der Waals surface area contributed by atoms with Gasteiger partial charge in [0.25, 0.3) is 5.91 Å². The van der Waals surface area contributed by atoms with Gasteiger partial charge in [-0.1, -0.05) is 43.7 Å². The molecule has 0 radical (unpaired) electrons. The van der Waals surface area contributed by atoms with Crippen LogP contribution in [0.4, 0.5) is 0 Å². The summed E-state index contributed by atoms with van der Waals surface area (Å²) < 4.78 is 35.5. The van der Waals surface area contributed by atoms with Crippen molar-refractivity contribution in [2.24, 2.45) is 0 Å². The highest BCUT2D eigenvalue weighted by Gasteiger charge is 2.34. The van der Waals surface area contributed by atoms with Gasteiger partial charge in [-0.25, -0.2) is 8.42 Å². The number of hydrogen-bond donors (Lipinski definition) is 0. The standard InChI is InChI=1S/C26H29NO6S/c1-3-4-13-27(20-12-14-34(30,31)17-20)24(28)16-32-21-10-11-22-23(15-21)33-18(2)25(26(22)29)19-8-6-5-7-9-19/h5-11,15,20H,3-4,12-14,16-17H2,1-2H3/t20-/m1/s1. The molecule has 0 aliphatic carbocycles. The van der Waals surface area contributed by atoms with Gasteiger partial charge >= 0.3 is 0 Å². The van der Waals surface area contributed by atoms with E-state index >= 15 is 0 Å². The second-order valence-electron chi connectivity index (χ2n) is 8.67. The predicted molar refractivity (Wildman–Crippen MR) is 132 cm³/mol. The van der Waals surface area contributed by atoms with Crippen LogP contribution in [0.3, 0.4) is 0 Å². The molecule has 34 heavy (non-hydrogen) atoms. The quantitative estimate of drug-likeness (QED) is 0.481. The van der Waals surface area contributed by atoms with Crippen LogP contribution in [0.25, 0.3) is 22.1 Å². The molecule has 7 nitrogen and oxygen atoms in total. The Bertz CT molecular complexity index is 1350. The maximum atomic E-state index is 13.1. The van der Waals surface area contributed by atoms with Gasteiger partial charge in [0.2, 0.25) is 5.43 Å². The number of nitrogens with zero attached hydrogens (tertiary/aromatic N) is 1. The van der Waals surface area contributed by atoms with E-state index in [2.05, 4.69) is 0 Å². The molecule has 1 aliphatic heterocycles. The third-order valence-corrected chi connectivity index (χ3v) is 7.94. The molecule has 1 saturated heterocycles. The Morgan fingerprint density at radius 2 is 1.94 bits per heavy atom. The summed E-state index contributed by atoms with van der Waals surface area (Å²) >= 11 is 0. The molecule has 3 aromatic rings. The number of rotatable bonds is 8. The van der Waals surface area contributed by atoms with Crippen molar-refractivity contribution in [3.63, 3.8) is 0 Å². The number of carbonyl (C=O) groups is 1. The van der Waals surface area contributed by atoms with Gasteiger partial charge in [-0.15, -0.1) is 0 Å². The Labute approximate surface area is 199 Å². The first-order chi connectivity index (χ1) is 16.3. The van der Waals surface area contributed by atoms with E-state index in [1.807, 2.05) is 37.3 Å². The largest absolute Gasteiger partial charge is 0.484 e. The van der Waals surface area contributed by atoms with Crippen molar-refractivity contribution < 1.29 is 22.4 Å². The van der Waals surface area contributed by atoms with Crippen LogP contribution in [0.15, 0.2) is 57.7 Å². The number of sulfone groups is 1. The zero-order chi connectivity index (χ0) is 24.3. The van der Waals surface area contributed by atoms with Crippen LogP contribution in [0.2, 0.25) is 0 Å². The summed E-state index contributed by atoms with van der Waals surface area (Å²) in [5.41, 5.74) is 1.58. The highest BCUT2D eigenvalue weighted by Crippen LogP contribution is 2.26. The van der Waals surface area contributed by atoms with Crippen LogP contribution in [-0.2, 0) is 14.6 Å². The van der Waals surface area contributed by atoms with Crippen molar-refractivity contribution in [2.45, 2.75) is 39.2 Å². The number of ether oxygens (including phenoxy) is 1. The zero-order valence-electron chi connectivity index (χ0n) is 19.5. The molecule has 8 heteroatoms. The average molecular weight is 484 g/mol. The van der Waals surface area contributed by atoms with E-state index in [-0.39, 0.29) is 35.5 Å². The Morgan fingerprint density at radius 3 is 2.62 bits per heavy atom. The molecule has 2 aromatic carbocycles. The molecule has 0 N–H and O–H groups in total. The lowest BCUT2D eigenvalue weighted by molar-refractivity contribution is -0.135.